The van der Waals surface area contributed by atoms with Crippen molar-refractivity contribution in [1.29, 1.82) is 0 Å². The first-order valence-electron chi connectivity index (χ1n) is 3.51. The van der Waals surface area contributed by atoms with Crippen LogP contribution in [0.15, 0.2) is 0 Å². The maximum atomic E-state index is 12.5. The molecule has 0 unspecified atom stereocenters. The summed E-state index contributed by atoms with van der Waals surface area (Å²) in [7, 11) is -3.80. The molecule has 16 heavy (non-hydrogen) atoms. The molecule has 0 amide bonds. The highest BCUT2D eigenvalue weighted by Crippen LogP contribution is 2.41. The van der Waals surface area contributed by atoms with Crippen LogP contribution in [-0.2, 0) is 14.5 Å². The van der Waals surface area contributed by atoms with E-state index in [0.717, 1.165) is 0 Å². The highest BCUT2D eigenvalue weighted by atomic mass is 32.2. The molecule has 0 aliphatic carbocycles. The zero-order valence-electron chi connectivity index (χ0n) is 7.93. The van der Waals surface area contributed by atoms with Crippen LogP contribution in [0.2, 0.25) is 0 Å². The molecule has 11 heteroatoms. The van der Waals surface area contributed by atoms with E-state index in [0.29, 0.717) is 14.1 Å². The van der Waals surface area contributed by atoms with Crippen LogP contribution < -0.4 is 0 Å². The molecule has 0 saturated carbocycles. The van der Waals surface area contributed by atoms with Crippen LogP contribution in [0, 0.1) is 0 Å². The standard InChI is InChI=1S/C5H7F6NO3S/c1-12(2)16(13,14)15-5(10,11)4(8,9)3(6)7/h3H,1-2H3. The van der Waals surface area contributed by atoms with Gasteiger partial charge in [0.05, 0.1) is 0 Å². The molecule has 0 fully saturated rings. The summed E-state index contributed by atoms with van der Waals surface area (Å²) in [6.45, 7) is 0. The molecule has 0 radical (unpaired) electrons. The third-order valence-corrected chi connectivity index (χ3v) is 2.63. The Balaban J connectivity index is 5.12. The predicted molar refractivity (Wildman–Crippen MR) is 39.6 cm³/mol. The van der Waals surface area contributed by atoms with E-state index in [2.05, 4.69) is 4.18 Å². The number of halogens is 6. The number of rotatable bonds is 5. The van der Waals surface area contributed by atoms with Crippen molar-refractivity contribution in [3.63, 3.8) is 0 Å². The van der Waals surface area contributed by atoms with Crippen molar-refractivity contribution in [2.24, 2.45) is 0 Å². The maximum Gasteiger partial charge on any atom is 0.440 e. The fraction of sp³-hybridized carbons (Fsp3) is 1.00. The first-order valence-corrected chi connectivity index (χ1v) is 4.88. The summed E-state index contributed by atoms with van der Waals surface area (Å²) in [5.41, 5.74) is 0. The molecule has 0 aliphatic rings. The van der Waals surface area contributed by atoms with Gasteiger partial charge in [0, 0.05) is 14.1 Å². The van der Waals surface area contributed by atoms with Crippen LogP contribution in [0.5, 0.6) is 0 Å². The second kappa shape index (κ2) is 4.37. The van der Waals surface area contributed by atoms with Gasteiger partial charge < -0.3 is 0 Å². The van der Waals surface area contributed by atoms with Gasteiger partial charge in [-0.3, -0.25) is 0 Å². The zero-order chi connectivity index (χ0) is 13.4. The van der Waals surface area contributed by atoms with E-state index in [4.69, 9.17) is 0 Å². The van der Waals surface area contributed by atoms with Crippen molar-refractivity contribution in [2.75, 3.05) is 14.1 Å². The molecule has 0 N–H and O–H groups in total. The number of nitrogens with zero attached hydrogens (tertiary/aromatic N) is 1. The highest BCUT2D eigenvalue weighted by molar-refractivity contribution is 7.84. The van der Waals surface area contributed by atoms with Crippen LogP contribution in [0.25, 0.3) is 0 Å². The lowest BCUT2D eigenvalue weighted by Crippen LogP contribution is -2.50. The molecule has 98 valence electrons. The first kappa shape index (κ1) is 15.4. The van der Waals surface area contributed by atoms with Crippen LogP contribution >= 0.6 is 0 Å². The third-order valence-electron chi connectivity index (χ3n) is 1.32. The Morgan fingerprint density at radius 3 is 1.75 bits per heavy atom. The summed E-state index contributed by atoms with van der Waals surface area (Å²) in [6.07, 6.45) is -10.6. The summed E-state index contributed by atoms with van der Waals surface area (Å²) in [4.78, 5) is 0. The summed E-state index contributed by atoms with van der Waals surface area (Å²) in [6, 6.07) is 0. The Hall–Kier alpha value is -0.550. The Labute approximate surface area is 87.0 Å². The van der Waals surface area contributed by atoms with Crippen molar-refractivity contribution in [2.45, 2.75) is 18.5 Å². The average Bonchev–Trinajstić information content (AvgIpc) is 2.00. The molecular formula is C5H7F6NO3S. The first-order chi connectivity index (χ1) is 6.84. The smallest absolute Gasteiger partial charge is 0.203 e. The lowest BCUT2D eigenvalue weighted by Gasteiger charge is -2.25. The fourth-order valence-electron chi connectivity index (χ4n) is 0.389. The van der Waals surface area contributed by atoms with Gasteiger partial charge in [-0.1, -0.05) is 0 Å². The maximum absolute atomic E-state index is 12.5. The Kier molecular flexibility index (Phi) is 4.22. The quantitative estimate of drug-likeness (QED) is 0.710. The summed E-state index contributed by atoms with van der Waals surface area (Å²) >= 11 is 0. The molecule has 0 bridgehead atoms. The van der Waals surface area contributed by atoms with Crippen molar-refractivity contribution in [1.82, 2.24) is 4.31 Å². The summed E-state index contributed by atoms with van der Waals surface area (Å²) in [5, 5.41) is 0. The lowest BCUT2D eigenvalue weighted by atomic mass is 10.3. The molecule has 0 aliphatic heterocycles. The average molecular weight is 275 g/mol. The van der Waals surface area contributed by atoms with Gasteiger partial charge >= 0.3 is 28.8 Å². The van der Waals surface area contributed by atoms with Gasteiger partial charge in [0.1, 0.15) is 0 Å². The van der Waals surface area contributed by atoms with Crippen molar-refractivity contribution < 1.29 is 38.9 Å². The molecule has 0 atom stereocenters. The zero-order valence-corrected chi connectivity index (χ0v) is 8.74. The SMILES string of the molecule is CN(C)S(=O)(=O)OC(F)(F)C(F)(F)C(F)F. The van der Waals surface area contributed by atoms with Crippen molar-refractivity contribution in [3.05, 3.63) is 0 Å². The van der Waals surface area contributed by atoms with Gasteiger partial charge in [-0.2, -0.15) is 34.5 Å². The third kappa shape index (κ3) is 2.98. The largest absolute Gasteiger partial charge is 0.440 e. The van der Waals surface area contributed by atoms with Crippen LogP contribution in [0.3, 0.4) is 0 Å². The van der Waals surface area contributed by atoms with Gasteiger partial charge in [-0.25, -0.2) is 8.78 Å². The molecule has 0 heterocycles. The van der Waals surface area contributed by atoms with Crippen LogP contribution in [0.4, 0.5) is 26.3 Å². The van der Waals surface area contributed by atoms with Gasteiger partial charge in [0.25, 0.3) is 0 Å². The molecule has 0 spiro atoms. The molecular weight excluding hydrogens is 268 g/mol. The van der Waals surface area contributed by atoms with E-state index >= 15 is 0 Å². The molecule has 0 rings (SSSR count). The van der Waals surface area contributed by atoms with Gasteiger partial charge in [-0.15, -0.1) is 0 Å². The lowest BCUT2D eigenvalue weighted by molar-refractivity contribution is -0.341. The second-order valence-corrected chi connectivity index (χ2v) is 4.52. The Bertz CT molecular complexity index is 340. The Morgan fingerprint density at radius 2 is 1.50 bits per heavy atom. The predicted octanol–water partition coefficient (Wildman–Crippen LogP) is 1.30. The van der Waals surface area contributed by atoms with E-state index in [1.807, 2.05) is 0 Å². The molecule has 4 nitrogen and oxygen atoms in total. The monoisotopic (exact) mass is 275 g/mol. The molecule has 0 aromatic rings. The number of hydrogen-bond acceptors (Lipinski definition) is 3. The molecule has 0 aromatic heterocycles. The van der Waals surface area contributed by atoms with Gasteiger partial charge in [-0.05, 0) is 0 Å². The number of hydrogen-bond donors (Lipinski definition) is 0. The number of alkyl halides is 6. The molecule has 0 saturated heterocycles. The minimum absolute atomic E-state index is 0.0302. The minimum atomic E-state index is -5.91. The van der Waals surface area contributed by atoms with Gasteiger partial charge in [0.2, 0.25) is 0 Å². The van der Waals surface area contributed by atoms with E-state index in [1.54, 1.807) is 0 Å². The normalized spacial score (nSPS) is 14.9. The molecule has 0 aromatic carbocycles. The van der Waals surface area contributed by atoms with E-state index < -0.39 is 28.8 Å². The van der Waals surface area contributed by atoms with Crippen LogP contribution in [0.1, 0.15) is 0 Å². The van der Waals surface area contributed by atoms with E-state index in [-0.39, 0.29) is 4.31 Å². The van der Waals surface area contributed by atoms with E-state index in [9.17, 15) is 34.8 Å². The van der Waals surface area contributed by atoms with Crippen molar-refractivity contribution >= 4 is 10.3 Å². The fourth-order valence-corrected chi connectivity index (χ4v) is 0.914. The summed E-state index contributed by atoms with van der Waals surface area (Å²) < 4.78 is 96.6. The van der Waals surface area contributed by atoms with Crippen LogP contribution in [-0.4, -0.2) is 45.3 Å². The van der Waals surface area contributed by atoms with Gasteiger partial charge in [0.15, 0.2) is 0 Å². The topological polar surface area (TPSA) is 46.6 Å². The summed E-state index contributed by atoms with van der Waals surface area (Å²) in [5.74, 6) is -5.91. The minimum Gasteiger partial charge on any atom is -0.203 e. The van der Waals surface area contributed by atoms with Crippen molar-refractivity contribution in [3.8, 4) is 0 Å². The highest BCUT2D eigenvalue weighted by Gasteiger charge is 2.66. The van der Waals surface area contributed by atoms with E-state index in [1.165, 1.54) is 0 Å². The second-order valence-electron chi connectivity index (χ2n) is 2.76. The Morgan fingerprint density at radius 1 is 1.12 bits per heavy atom.